The van der Waals surface area contributed by atoms with E-state index in [4.69, 9.17) is 10.9 Å². The minimum Gasteiger partial charge on any atom is -0.395 e. The summed E-state index contributed by atoms with van der Waals surface area (Å²) >= 11 is 0. The van der Waals surface area contributed by atoms with E-state index in [1.54, 1.807) is 0 Å². The first kappa shape index (κ1) is 13.7. The third-order valence-corrected chi connectivity index (χ3v) is 2.45. The van der Waals surface area contributed by atoms with Crippen molar-refractivity contribution in [3.63, 3.8) is 0 Å². The van der Waals surface area contributed by atoms with E-state index in [1.165, 1.54) is 0 Å². The van der Waals surface area contributed by atoms with Crippen molar-refractivity contribution in [2.45, 2.75) is 26.7 Å². The van der Waals surface area contributed by atoms with Crippen LogP contribution in [0.2, 0.25) is 0 Å². The number of hydrogen-bond donors (Lipinski definition) is 3. The van der Waals surface area contributed by atoms with Gasteiger partial charge in [-0.15, -0.1) is 0 Å². The number of nitrogens with one attached hydrogen (secondary N) is 1. The number of nitrogen functional groups attached to an aromatic ring is 1. The van der Waals surface area contributed by atoms with E-state index in [9.17, 15) is 0 Å². The topological polar surface area (TPSA) is 87.3 Å². The molecule has 0 aliphatic rings. The Balaban J connectivity index is 2.87. The molecule has 1 aromatic heterocycles. The minimum absolute atomic E-state index is 0.109. The minimum atomic E-state index is 0.109. The van der Waals surface area contributed by atoms with E-state index in [-0.39, 0.29) is 6.61 Å². The number of aromatic nitrogens is 2. The van der Waals surface area contributed by atoms with E-state index in [1.807, 2.05) is 17.9 Å². The molecule has 0 bridgehead atoms. The molecule has 0 aliphatic carbocycles. The van der Waals surface area contributed by atoms with Crippen LogP contribution >= 0.6 is 0 Å². The fourth-order valence-corrected chi connectivity index (χ4v) is 1.59. The molecule has 96 valence electrons. The second kappa shape index (κ2) is 7.03. The lowest BCUT2D eigenvalue weighted by molar-refractivity contribution is 0.301. The van der Waals surface area contributed by atoms with Crippen molar-refractivity contribution in [1.82, 2.24) is 9.97 Å². The molecule has 1 aromatic rings. The first-order valence-corrected chi connectivity index (χ1v) is 5.89. The van der Waals surface area contributed by atoms with Crippen LogP contribution in [-0.4, -0.2) is 34.8 Å². The highest BCUT2D eigenvalue weighted by molar-refractivity contribution is 5.44. The molecule has 0 aliphatic heterocycles. The van der Waals surface area contributed by atoms with Crippen molar-refractivity contribution < 1.29 is 5.11 Å². The van der Waals surface area contributed by atoms with Gasteiger partial charge in [-0.2, -0.15) is 4.98 Å². The molecular weight excluding hydrogens is 218 g/mol. The number of nitrogens with zero attached hydrogens (tertiary/aromatic N) is 3. The van der Waals surface area contributed by atoms with Gasteiger partial charge >= 0.3 is 0 Å². The number of hydrogen-bond acceptors (Lipinski definition) is 6. The van der Waals surface area contributed by atoms with Gasteiger partial charge in [-0.05, 0) is 13.3 Å². The van der Waals surface area contributed by atoms with Crippen LogP contribution in [-0.2, 0) is 0 Å². The second-order valence-corrected chi connectivity index (χ2v) is 3.90. The smallest absolute Gasteiger partial charge is 0.239 e. The van der Waals surface area contributed by atoms with E-state index in [0.29, 0.717) is 12.5 Å². The molecule has 0 atom stereocenters. The summed E-state index contributed by atoms with van der Waals surface area (Å²) in [5.74, 6) is 6.52. The summed E-state index contributed by atoms with van der Waals surface area (Å²) in [6.45, 7) is 5.58. The van der Waals surface area contributed by atoms with Crippen LogP contribution in [0.1, 0.15) is 25.5 Å². The Morgan fingerprint density at radius 3 is 2.76 bits per heavy atom. The van der Waals surface area contributed by atoms with Crippen LogP contribution in [0, 0.1) is 6.92 Å². The number of aliphatic hydroxyl groups excluding tert-OH is 1. The monoisotopic (exact) mass is 239 g/mol. The number of aryl methyl sites for hydroxylation is 1. The number of anilines is 2. The molecule has 0 radical (unpaired) electrons. The van der Waals surface area contributed by atoms with Crippen LogP contribution in [0.5, 0.6) is 0 Å². The Labute approximate surface area is 102 Å². The number of unbranched alkanes of at least 4 members (excludes halogenated alkanes) is 1. The predicted octanol–water partition coefficient (Wildman–Crippen LogP) is 0.669. The summed E-state index contributed by atoms with van der Waals surface area (Å²) in [5, 5.41) is 9.07. The summed E-state index contributed by atoms with van der Waals surface area (Å²) in [6.07, 6.45) is 2.17. The zero-order valence-corrected chi connectivity index (χ0v) is 10.5. The molecule has 1 heterocycles. The fraction of sp³-hybridized carbons (Fsp3) is 0.636. The van der Waals surface area contributed by atoms with Gasteiger partial charge in [0.2, 0.25) is 5.95 Å². The Morgan fingerprint density at radius 2 is 2.18 bits per heavy atom. The molecule has 17 heavy (non-hydrogen) atoms. The van der Waals surface area contributed by atoms with Crippen LogP contribution in [0.15, 0.2) is 6.07 Å². The van der Waals surface area contributed by atoms with Gasteiger partial charge in [0.05, 0.1) is 6.61 Å². The number of aliphatic hydroxyl groups is 1. The zero-order chi connectivity index (χ0) is 12.7. The van der Waals surface area contributed by atoms with Crippen molar-refractivity contribution in [2.24, 2.45) is 5.84 Å². The first-order valence-electron chi connectivity index (χ1n) is 5.89. The van der Waals surface area contributed by atoms with E-state index >= 15 is 0 Å². The molecule has 0 spiro atoms. The lowest BCUT2D eigenvalue weighted by Gasteiger charge is -2.23. The van der Waals surface area contributed by atoms with Gasteiger partial charge < -0.3 is 10.0 Å². The molecule has 0 fully saturated rings. The number of rotatable bonds is 7. The van der Waals surface area contributed by atoms with Gasteiger partial charge in [-0.25, -0.2) is 10.8 Å². The summed E-state index contributed by atoms with van der Waals surface area (Å²) in [6, 6.07) is 1.90. The average molecular weight is 239 g/mol. The van der Waals surface area contributed by atoms with E-state index in [0.717, 1.165) is 30.9 Å². The van der Waals surface area contributed by atoms with Crippen molar-refractivity contribution in [1.29, 1.82) is 0 Å². The molecule has 0 amide bonds. The Morgan fingerprint density at radius 1 is 1.41 bits per heavy atom. The normalized spacial score (nSPS) is 10.4. The van der Waals surface area contributed by atoms with Gasteiger partial charge in [-0.3, -0.25) is 5.43 Å². The van der Waals surface area contributed by atoms with Gasteiger partial charge in [0.25, 0.3) is 0 Å². The number of hydrazine groups is 1. The Bertz CT molecular complexity index is 345. The summed E-state index contributed by atoms with van der Waals surface area (Å²) in [5.41, 5.74) is 3.30. The highest BCUT2D eigenvalue weighted by Crippen LogP contribution is 2.14. The Kier molecular flexibility index (Phi) is 5.65. The second-order valence-electron chi connectivity index (χ2n) is 3.90. The molecule has 6 heteroatoms. The average Bonchev–Trinajstić information content (AvgIpc) is 2.33. The Hall–Kier alpha value is -1.40. The highest BCUT2D eigenvalue weighted by atomic mass is 16.3. The highest BCUT2D eigenvalue weighted by Gasteiger charge is 2.09. The van der Waals surface area contributed by atoms with Crippen molar-refractivity contribution in [2.75, 3.05) is 30.0 Å². The lowest BCUT2D eigenvalue weighted by atomic mass is 10.3. The molecular formula is C11H21N5O. The fourth-order valence-electron chi connectivity index (χ4n) is 1.59. The molecule has 6 nitrogen and oxygen atoms in total. The molecule has 1 rings (SSSR count). The molecule has 0 aromatic carbocycles. The van der Waals surface area contributed by atoms with Gasteiger partial charge in [0.1, 0.15) is 5.82 Å². The summed E-state index contributed by atoms with van der Waals surface area (Å²) < 4.78 is 0. The van der Waals surface area contributed by atoms with Gasteiger partial charge in [0.15, 0.2) is 0 Å². The van der Waals surface area contributed by atoms with E-state index in [2.05, 4.69) is 22.3 Å². The van der Waals surface area contributed by atoms with Gasteiger partial charge in [0, 0.05) is 24.8 Å². The lowest BCUT2D eigenvalue weighted by Crippen LogP contribution is -2.29. The SMILES string of the molecule is CCCCN(CCO)c1cc(C)nc(NN)n1. The quantitative estimate of drug-likeness (QED) is 0.479. The maximum atomic E-state index is 9.07. The molecule has 0 unspecified atom stereocenters. The third kappa shape index (κ3) is 4.16. The molecule has 0 saturated carbocycles. The maximum Gasteiger partial charge on any atom is 0.239 e. The standard InChI is InChI=1S/C11H21N5O/c1-3-4-5-16(6-7-17)10-8-9(2)13-11(14-10)15-12/h8,17H,3-7,12H2,1-2H3,(H,13,14,15). The summed E-state index contributed by atoms with van der Waals surface area (Å²) in [7, 11) is 0. The predicted molar refractivity (Wildman–Crippen MR) is 68.8 cm³/mol. The van der Waals surface area contributed by atoms with Crippen LogP contribution in [0.4, 0.5) is 11.8 Å². The number of nitrogens with two attached hydrogens (primary N) is 1. The molecule has 4 N–H and O–H groups in total. The largest absolute Gasteiger partial charge is 0.395 e. The molecule has 0 saturated heterocycles. The van der Waals surface area contributed by atoms with Crippen molar-refractivity contribution >= 4 is 11.8 Å². The van der Waals surface area contributed by atoms with Crippen LogP contribution in [0.25, 0.3) is 0 Å². The van der Waals surface area contributed by atoms with Crippen LogP contribution < -0.4 is 16.2 Å². The van der Waals surface area contributed by atoms with Crippen LogP contribution in [0.3, 0.4) is 0 Å². The first-order chi connectivity index (χ1) is 8.21. The van der Waals surface area contributed by atoms with Crippen molar-refractivity contribution in [3.05, 3.63) is 11.8 Å². The third-order valence-electron chi connectivity index (χ3n) is 2.45. The van der Waals surface area contributed by atoms with Gasteiger partial charge in [-0.1, -0.05) is 13.3 Å². The maximum absolute atomic E-state index is 9.07. The zero-order valence-electron chi connectivity index (χ0n) is 10.5. The summed E-state index contributed by atoms with van der Waals surface area (Å²) in [4.78, 5) is 10.5. The van der Waals surface area contributed by atoms with E-state index < -0.39 is 0 Å². The van der Waals surface area contributed by atoms with Crippen molar-refractivity contribution in [3.8, 4) is 0 Å².